The molecule has 162 valence electrons. The molecule has 0 amide bonds. The molecule has 0 aliphatic heterocycles. The zero-order valence-corrected chi connectivity index (χ0v) is 18.7. The SMILES string of the molecule is Cc1ccc(Cn2cc(C(C)OC(=O)c3ccc(SC(C)(C)C(=O)O)cc3)nn2)cc1. The number of esters is 1. The third kappa shape index (κ3) is 5.95. The first-order chi connectivity index (χ1) is 14.6. The van der Waals surface area contributed by atoms with Gasteiger partial charge in [-0.15, -0.1) is 16.9 Å². The Hall–Kier alpha value is -3.13. The summed E-state index contributed by atoms with van der Waals surface area (Å²) in [4.78, 5) is 24.5. The standard InChI is InChI=1S/C23H25N3O4S/c1-15-5-7-17(8-6-15)13-26-14-20(24-25-26)16(2)30-21(27)18-9-11-19(12-10-18)31-23(3,4)22(28)29/h5-12,14,16H,13H2,1-4H3,(H,28,29). The van der Waals surface area contributed by atoms with Crippen LogP contribution in [0.5, 0.6) is 0 Å². The number of aryl methyl sites for hydroxylation is 1. The molecule has 0 saturated heterocycles. The zero-order chi connectivity index (χ0) is 22.6. The number of aliphatic carboxylic acids is 1. The van der Waals surface area contributed by atoms with Crippen molar-refractivity contribution in [3.63, 3.8) is 0 Å². The number of ether oxygens (including phenoxy) is 1. The van der Waals surface area contributed by atoms with Gasteiger partial charge in [-0.3, -0.25) is 4.79 Å². The molecule has 0 aliphatic carbocycles. The lowest BCUT2D eigenvalue weighted by atomic mass is 10.1. The first kappa shape index (κ1) is 22.6. The summed E-state index contributed by atoms with van der Waals surface area (Å²) in [6.07, 6.45) is 1.21. The van der Waals surface area contributed by atoms with Crippen LogP contribution in [0.3, 0.4) is 0 Å². The molecule has 3 rings (SSSR count). The number of hydrogen-bond donors (Lipinski definition) is 1. The van der Waals surface area contributed by atoms with Crippen molar-refractivity contribution in [2.75, 3.05) is 0 Å². The molecule has 0 bridgehead atoms. The van der Waals surface area contributed by atoms with Crippen LogP contribution in [0.4, 0.5) is 0 Å². The number of thioether (sulfide) groups is 1. The molecule has 1 unspecified atom stereocenters. The van der Waals surface area contributed by atoms with Crippen molar-refractivity contribution in [2.24, 2.45) is 0 Å². The summed E-state index contributed by atoms with van der Waals surface area (Å²) in [5, 5.41) is 17.5. The van der Waals surface area contributed by atoms with Crippen LogP contribution in [-0.4, -0.2) is 36.8 Å². The van der Waals surface area contributed by atoms with Crippen LogP contribution in [0.2, 0.25) is 0 Å². The number of rotatable bonds is 8. The summed E-state index contributed by atoms with van der Waals surface area (Å²) >= 11 is 1.22. The molecule has 0 aliphatic rings. The van der Waals surface area contributed by atoms with Gasteiger partial charge in [0.1, 0.15) is 16.5 Å². The molecule has 1 heterocycles. The lowest BCUT2D eigenvalue weighted by Crippen LogP contribution is -2.26. The van der Waals surface area contributed by atoms with Crippen LogP contribution >= 0.6 is 11.8 Å². The molecular weight excluding hydrogens is 414 g/mol. The number of nitrogens with zero attached hydrogens (tertiary/aromatic N) is 3. The van der Waals surface area contributed by atoms with Gasteiger partial charge in [0, 0.05) is 4.90 Å². The normalized spacial score (nSPS) is 12.4. The van der Waals surface area contributed by atoms with Crippen molar-refractivity contribution in [2.45, 2.75) is 50.0 Å². The van der Waals surface area contributed by atoms with Gasteiger partial charge < -0.3 is 9.84 Å². The van der Waals surface area contributed by atoms with Crippen LogP contribution in [-0.2, 0) is 16.1 Å². The Morgan fingerprint density at radius 3 is 2.39 bits per heavy atom. The number of carbonyl (C=O) groups is 2. The minimum atomic E-state index is -0.957. The fraction of sp³-hybridized carbons (Fsp3) is 0.304. The average molecular weight is 440 g/mol. The van der Waals surface area contributed by atoms with Crippen LogP contribution in [0.25, 0.3) is 0 Å². The highest BCUT2D eigenvalue weighted by Crippen LogP contribution is 2.32. The van der Waals surface area contributed by atoms with Crippen molar-refractivity contribution in [1.82, 2.24) is 15.0 Å². The Morgan fingerprint density at radius 1 is 1.13 bits per heavy atom. The lowest BCUT2D eigenvalue weighted by Gasteiger charge is -2.18. The van der Waals surface area contributed by atoms with Crippen molar-refractivity contribution in [3.05, 3.63) is 77.1 Å². The highest BCUT2D eigenvalue weighted by Gasteiger charge is 2.28. The molecule has 0 fully saturated rings. The van der Waals surface area contributed by atoms with Crippen molar-refractivity contribution in [1.29, 1.82) is 0 Å². The van der Waals surface area contributed by atoms with Crippen LogP contribution in [0.1, 0.15) is 54.1 Å². The molecule has 1 aromatic heterocycles. The summed E-state index contributed by atoms with van der Waals surface area (Å²) < 4.78 is 6.28. The minimum Gasteiger partial charge on any atom is -0.480 e. The molecule has 1 atom stereocenters. The maximum absolute atomic E-state index is 12.5. The monoisotopic (exact) mass is 439 g/mol. The van der Waals surface area contributed by atoms with Gasteiger partial charge in [-0.25, -0.2) is 9.48 Å². The van der Waals surface area contributed by atoms with Gasteiger partial charge in [-0.2, -0.15) is 0 Å². The molecule has 7 nitrogen and oxygen atoms in total. The van der Waals surface area contributed by atoms with Gasteiger partial charge >= 0.3 is 11.9 Å². The number of aromatic nitrogens is 3. The molecule has 0 radical (unpaired) electrons. The first-order valence-corrected chi connectivity index (χ1v) is 10.6. The Kier molecular flexibility index (Phi) is 6.80. The minimum absolute atomic E-state index is 0.386. The van der Waals surface area contributed by atoms with Gasteiger partial charge in [0.25, 0.3) is 0 Å². The van der Waals surface area contributed by atoms with Gasteiger partial charge in [-0.05, 0) is 57.5 Å². The third-order valence-electron chi connectivity index (χ3n) is 4.70. The molecular formula is C23H25N3O4S. The summed E-state index contributed by atoms with van der Waals surface area (Å²) in [5.74, 6) is -1.38. The fourth-order valence-electron chi connectivity index (χ4n) is 2.74. The first-order valence-electron chi connectivity index (χ1n) is 9.83. The van der Waals surface area contributed by atoms with E-state index in [4.69, 9.17) is 4.74 Å². The number of carbonyl (C=O) groups excluding carboxylic acids is 1. The number of benzene rings is 2. The van der Waals surface area contributed by atoms with Crippen molar-refractivity contribution >= 4 is 23.7 Å². The quantitative estimate of drug-likeness (QED) is 0.408. The molecule has 2 aromatic carbocycles. The second-order valence-corrected chi connectivity index (χ2v) is 9.51. The molecule has 0 spiro atoms. The summed E-state index contributed by atoms with van der Waals surface area (Å²) in [6, 6.07) is 14.9. The van der Waals surface area contributed by atoms with E-state index in [1.54, 1.807) is 55.9 Å². The van der Waals surface area contributed by atoms with E-state index in [0.717, 1.165) is 10.5 Å². The number of hydrogen-bond acceptors (Lipinski definition) is 6. The largest absolute Gasteiger partial charge is 0.480 e. The predicted octanol–water partition coefficient (Wildman–Crippen LogP) is 4.51. The predicted molar refractivity (Wildman–Crippen MR) is 118 cm³/mol. The Morgan fingerprint density at radius 2 is 1.77 bits per heavy atom. The van der Waals surface area contributed by atoms with Crippen molar-refractivity contribution < 1.29 is 19.4 Å². The third-order valence-corrected chi connectivity index (χ3v) is 5.89. The van der Waals surface area contributed by atoms with Crippen LogP contribution in [0, 0.1) is 6.92 Å². The highest BCUT2D eigenvalue weighted by molar-refractivity contribution is 8.01. The Labute approximate surface area is 185 Å². The second kappa shape index (κ2) is 9.34. The van der Waals surface area contributed by atoms with Gasteiger partial charge in [-0.1, -0.05) is 35.0 Å². The van der Waals surface area contributed by atoms with Crippen molar-refractivity contribution in [3.8, 4) is 0 Å². The average Bonchev–Trinajstić information content (AvgIpc) is 3.18. The summed E-state index contributed by atoms with van der Waals surface area (Å²) in [5.41, 5.74) is 3.25. The van der Waals surface area contributed by atoms with Gasteiger partial charge in [0.05, 0.1) is 18.3 Å². The van der Waals surface area contributed by atoms with E-state index in [-0.39, 0.29) is 0 Å². The van der Waals surface area contributed by atoms with E-state index < -0.39 is 22.8 Å². The van der Waals surface area contributed by atoms with Gasteiger partial charge in [0.2, 0.25) is 0 Å². The second-order valence-electron chi connectivity index (χ2n) is 7.82. The number of carboxylic acid groups (broad SMARTS) is 1. The van der Waals surface area contributed by atoms with E-state index in [2.05, 4.69) is 10.3 Å². The molecule has 3 aromatic rings. The molecule has 31 heavy (non-hydrogen) atoms. The molecule has 1 N–H and O–H groups in total. The fourth-order valence-corrected chi connectivity index (χ4v) is 3.69. The topological polar surface area (TPSA) is 94.3 Å². The van der Waals surface area contributed by atoms with Crippen LogP contribution < -0.4 is 0 Å². The molecule has 0 saturated carbocycles. The number of carboxylic acids is 1. The molecule has 8 heteroatoms. The van der Waals surface area contributed by atoms with E-state index in [0.29, 0.717) is 17.8 Å². The highest BCUT2D eigenvalue weighted by atomic mass is 32.2. The summed E-state index contributed by atoms with van der Waals surface area (Å²) in [7, 11) is 0. The van der Waals surface area contributed by atoms with E-state index in [1.165, 1.54) is 17.3 Å². The maximum atomic E-state index is 12.5. The summed E-state index contributed by atoms with van der Waals surface area (Å²) in [6.45, 7) is 7.64. The van der Waals surface area contributed by atoms with E-state index in [1.807, 2.05) is 31.2 Å². The van der Waals surface area contributed by atoms with E-state index >= 15 is 0 Å². The maximum Gasteiger partial charge on any atom is 0.338 e. The Bertz CT molecular complexity index is 1060. The van der Waals surface area contributed by atoms with Gasteiger partial charge in [0.15, 0.2) is 0 Å². The van der Waals surface area contributed by atoms with E-state index in [9.17, 15) is 14.7 Å². The lowest BCUT2D eigenvalue weighted by molar-refractivity contribution is -0.138. The smallest absolute Gasteiger partial charge is 0.338 e. The zero-order valence-electron chi connectivity index (χ0n) is 17.9. The van der Waals surface area contributed by atoms with Crippen LogP contribution in [0.15, 0.2) is 59.6 Å². The Balaban J connectivity index is 1.59.